The van der Waals surface area contributed by atoms with E-state index in [2.05, 4.69) is 118 Å². The third-order valence-corrected chi connectivity index (χ3v) is 12.6. The van der Waals surface area contributed by atoms with Crippen molar-refractivity contribution in [2.45, 2.75) is 284 Å². The van der Waals surface area contributed by atoms with E-state index in [4.69, 9.17) is 14.2 Å². The summed E-state index contributed by atoms with van der Waals surface area (Å²) >= 11 is 0. The normalized spacial score (nSPS) is 12.8. The van der Waals surface area contributed by atoms with E-state index in [9.17, 15) is 14.4 Å². The predicted molar refractivity (Wildman–Crippen MR) is 307 cm³/mol. The number of esters is 3. The summed E-state index contributed by atoms with van der Waals surface area (Å²) in [6.07, 6.45) is 78.4. The minimum atomic E-state index is -0.796. The molecule has 0 fully saturated rings. The zero-order valence-corrected chi connectivity index (χ0v) is 46.5. The van der Waals surface area contributed by atoms with E-state index in [0.29, 0.717) is 19.3 Å². The average molecular weight is 988 g/mol. The molecule has 0 aromatic carbocycles. The standard InChI is InChI=1S/C65H110O6/c1-4-7-10-13-16-19-22-25-26-27-28-29-30-31-32-33-34-35-36-37-38-41-43-46-49-52-55-58-64(67)70-61-62(71-65(68)59-56-53-50-47-44-40-24-21-18-15-12-9-6-3)60-69-63(66)57-54-51-48-45-42-39-23-20-17-14-11-8-5-2/h7,9-10,12,16,18-21,23,25-26,28-29,40,44,62H,4-6,8,11,13-15,17,22,24,27,30-39,41-43,45-61H2,1-3H3/b10-7-,12-9-,19-16-,21-18-,23-20-,26-25-,29-28-,44-40-. The van der Waals surface area contributed by atoms with E-state index in [1.807, 2.05) is 0 Å². The molecule has 0 spiro atoms. The van der Waals surface area contributed by atoms with E-state index in [1.165, 1.54) is 122 Å². The van der Waals surface area contributed by atoms with E-state index in [-0.39, 0.29) is 31.1 Å². The van der Waals surface area contributed by atoms with Gasteiger partial charge in [-0.25, -0.2) is 0 Å². The van der Waals surface area contributed by atoms with E-state index < -0.39 is 6.10 Å². The van der Waals surface area contributed by atoms with Crippen LogP contribution in [-0.2, 0) is 28.6 Å². The number of hydrogen-bond acceptors (Lipinski definition) is 6. The second-order valence-corrected chi connectivity index (χ2v) is 19.5. The van der Waals surface area contributed by atoms with Crippen molar-refractivity contribution in [2.75, 3.05) is 13.2 Å². The highest BCUT2D eigenvalue weighted by Gasteiger charge is 2.19. The van der Waals surface area contributed by atoms with Crippen LogP contribution in [-0.4, -0.2) is 37.2 Å². The fourth-order valence-corrected chi connectivity index (χ4v) is 8.15. The molecule has 406 valence electrons. The lowest BCUT2D eigenvalue weighted by atomic mass is 10.0. The largest absolute Gasteiger partial charge is 0.462 e. The lowest BCUT2D eigenvalue weighted by Gasteiger charge is -2.18. The minimum Gasteiger partial charge on any atom is -0.462 e. The Balaban J connectivity index is 4.25. The van der Waals surface area contributed by atoms with Gasteiger partial charge in [-0.1, -0.05) is 240 Å². The van der Waals surface area contributed by atoms with E-state index >= 15 is 0 Å². The first-order valence-corrected chi connectivity index (χ1v) is 29.7. The predicted octanol–water partition coefficient (Wildman–Crippen LogP) is 20.1. The highest BCUT2D eigenvalue weighted by Crippen LogP contribution is 2.16. The molecule has 0 aromatic rings. The number of ether oxygens (including phenoxy) is 3. The maximum atomic E-state index is 12.8. The van der Waals surface area contributed by atoms with E-state index in [1.54, 1.807) is 0 Å². The smallest absolute Gasteiger partial charge is 0.306 e. The van der Waals surface area contributed by atoms with Gasteiger partial charge in [0.1, 0.15) is 13.2 Å². The first-order chi connectivity index (χ1) is 35.0. The molecule has 0 rings (SSSR count). The Bertz CT molecular complexity index is 1410. The molecule has 71 heavy (non-hydrogen) atoms. The fraction of sp³-hybridized carbons (Fsp3) is 0.708. The Labute approximate surface area is 438 Å². The Morgan fingerprint density at radius 3 is 0.887 bits per heavy atom. The molecular weight excluding hydrogens is 877 g/mol. The summed E-state index contributed by atoms with van der Waals surface area (Å²) in [5.74, 6) is -0.927. The molecule has 0 aromatic heterocycles. The lowest BCUT2D eigenvalue weighted by Crippen LogP contribution is -2.30. The Kier molecular flexibility index (Phi) is 55.9. The molecule has 0 bridgehead atoms. The molecule has 0 radical (unpaired) electrons. The fourth-order valence-electron chi connectivity index (χ4n) is 8.15. The highest BCUT2D eigenvalue weighted by atomic mass is 16.6. The molecule has 1 unspecified atom stereocenters. The van der Waals surface area contributed by atoms with Gasteiger partial charge in [-0.2, -0.15) is 0 Å². The zero-order chi connectivity index (χ0) is 51.4. The van der Waals surface area contributed by atoms with Crippen LogP contribution in [0.1, 0.15) is 278 Å². The first kappa shape index (κ1) is 67.3. The van der Waals surface area contributed by atoms with Crippen LogP contribution < -0.4 is 0 Å². The van der Waals surface area contributed by atoms with Gasteiger partial charge < -0.3 is 14.2 Å². The van der Waals surface area contributed by atoms with Crippen molar-refractivity contribution in [1.82, 2.24) is 0 Å². The molecule has 6 nitrogen and oxygen atoms in total. The summed E-state index contributed by atoms with van der Waals surface area (Å²) < 4.78 is 16.8. The lowest BCUT2D eigenvalue weighted by molar-refractivity contribution is -0.167. The molecule has 1 atom stereocenters. The van der Waals surface area contributed by atoms with Crippen LogP contribution in [0.25, 0.3) is 0 Å². The van der Waals surface area contributed by atoms with Gasteiger partial charge in [-0.3, -0.25) is 14.4 Å². The van der Waals surface area contributed by atoms with Gasteiger partial charge in [0, 0.05) is 19.3 Å². The molecular formula is C65H110O6. The number of hydrogen-bond donors (Lipinski definition) is 0. The summed E-state index contributed by atoms with van der Waals surface area (Å²) in [6, 6.07) is 0. The Morgan fingerprint density at radius 1 is 0.296 bits per heavy atom. The van der Waals surface area contributed by atoms with Crippen molar-refractivity contribution in [3.63, 3.8) is 0 Å². The average Bonchev–Trinajstić information content (AvgIpc) is 3.37. The number of unbranched alkanes of at least 4 members (excludes halogenated alkanes) is 26. The molecule has 0 aliphatic carbocycles. The maximum Gasteiger partial charge on any atom is 0.306 e. The van der Waals surface area contributed by atoms with E-state index in [0.717, 1.165) is 116 Å². The maximum absolute atomic E-state index is 12.8. The molecule has 0 aliphatic rings. The van der Waals surface area contributed by atoms with Gasteiger partial charge in [0.2, 0.25) is 0 Å². The van der Waals surface area contributed by atoms with Gasteiger partial charge in [0.15, 0.2) is 6.10 Å². The van der Waals surface area contributed by atoms with Gasteiger partial charge in [-0.15, -0.1) is 0 Å². The summed E-state index contributed by atoms with van der Waals surface area (Å²) in [4.78, 5) is 38.1. The SMILES string of the molecule is CC/C=C\C/C=C\C/C=C\C/C=C\CCCCCCCCCCCCCCCCC(=O)OCC(COC(=O)CCCCCCC/C=C\CCCCCC)OC(=O)CCCCC/C=C\C/C=C\C/C=C\CC. The van der Waals surface area contributed by atoms with Crippen molar-refractivity contribution < 1.29 is 28.6 Å². The Morgan fingerprint density at radius 2 is 0.549 bits per heavy atom. The van der Waals surface area contributed by atoms with Crippen molar-refractivity contribution in [2.24, 2.45) is 0 Å². The zero-order valence-electron chi connectivity index (χ0n) is 46.5. The molecule has 0 saturated carbocycles. The third kappa shape index (κ3) is 57.1. The van der Waals surface area contributed by atoms with Crippen molar-refractivity contribution in [3.05, 3.63) is 97.2 Å². The molecule has 0 heterocycles. The minimum absolute atomic E-state index is 0.0914. The molecule has 0 N–H and O–H groups in total. The van der Waals surface area contributed by atoms with Crippen LogP contribution in [0.4, 0.5) is 0 Å². The van der Waals surface area contributed by atoms with Gasteiger partial charge in [0.05, 0.1) is 0 Å². The molecule has 6 heteroatoms. The quantitative estimate of drug-likeness (QED) is 0.0261. The van der Waals surface area contributed by atoms with Gasteiger partial charge in [0.25, 0.3) is 0 Å². The van der Waals surface area contributed by atoms with Crippen molar-refractivity contribution in [1.29, 1.82) is 0 Å². The Hall–Kier alpha value is -3.67. The molecule has 0 aliphatic heterocycles. The van der Waals surface area contributed by atoms with Crippen LogP contribution in [0.5, 0.6) is 0 Å². The second kappa shape index (κ2) is 58.9. The second-order valence-electron chi connectivity index (χ2n) is 19.5. The highest BCUT2D eigenvalue weighted by molar-refractivity contribution is 5.71. The number of rotatable bonds is 53. The first-order valence-electron chi connectivity index (χ1n) is 29.7. The summed E-state index contributed by atoms with van der Waals surface area (Å²) in [5.41, 5.74) is 0. The summed E-state index contributed by atoms with van der Waals surface area (Å²) in [6.45, 7) is 6.37. The topological polar surface area (TPSA) is 78.9 Å². The van der Waals surface area contributed by atoms with Crippen LogP contribution in [0.3, 0.4) is 0 Å². The van der Waals surface area contributed by atoms with Crippen molar-refractivity contribution >= 4 is 17.9 Å². The summed E-state index contributed by atoms with van der Waals surface area (Å²) in [7, 11) is 0. The van der Waals surface area contributed by atoms with Crippen LogP contribution in [0, 0.1) is 0 Å². The van der Waals surface area contributed by atoms with Gasteiger partial charge in [-0.05, 0) is 116 Å². The third-order valence-electron chi connectivity index (χ3n) is 12.6. The van der Waals surface area contributed by atoms with Gasteiger partial charge >= 0.3 is 17.9 Å². The van der Waals surface area contributed by atoms with Crippen LogP contribution >= 0.6 is 0 Å². The summed E-state index contributed by atoms with van der Waals surface area (Å²) in [5, 5.41) is 0. The number of carbonyl (C=O) groups is 3. The van der Waals surface area contributed by atoms with Crippen LogP contribution in [0.2, 0.25) is 0 Å². The molecule has 0 amide bonds. The van der Waals surface area contributed by atoms with Crippen molar-refractivity contribution in [3.8, 4) is 0 Å². The number of carbonyl (C=O) groups excluding carboxylic acids is 3. The molecule has 0 saturated heterocycles. The monoisotopic (exact) mass is 987 g/mol. The van der Waals surface area contributed by atoms with Crippen LogP contribution in [0.15, 0.2) is 97.2 Å². The number of allylic oxidation sites excluding steroid dienone is 16.